The van der Waals surface area contributed by atoms with Crippen LogP contribution in [0, 0.1) is 0 Å². The Morgan fingerprint density at radius 2 is 0.491 bits per heavy atom. The summed E-state index contributed by atoms with van der Waals surface area (Å²) in [5, 5.41) is 10.4. The molecule has 0 radical (unpaired) electrons. The Bertz CT molecular complexity index is 1370. The maximum Gasteiger partial charge on any atom is 0.233 e. The lowest BCUT2D eigenvalue weighted by Crippen LogP contribution is -2.07. The van der Waals surface area contributed by atoms with Crippen molar-refractivity contribution in [1.82, 2.24) is 15.0 Å². The summed E-state index contributed by atoms with van der Waals surface area (Å²) in [4.78, 5) is 14.4. The van der Waals surface area contributed by atoms with E-state index in [0.29, 0.717) is 17.8 Å². The molecule has 0 saturated heterocycles. The monoisotopic (exact) mass is 775 g/mol. The number of anilines is 6. The summed E-state index contributed by atoms with van der Waals surface area (Å²) in [7, 11) is 0. The highest BCUT2D eigenvalue weighted by Crippen LogP contribution is 2.24. The van der Waals surface area contributed by atoms with Gasteiger partial charge in [0.05, 0.1) is 0 Å². The zero-order chi connectivity index (χ0) is 40.0. The van der Waals surface area contributed by atoms with Gasteiger partial charge >= 0.3 is 0 Å². The van der Waals surface area contributed by atoms with Crippen LogP contribution in [0.3, 0.4) is 0 Å². The Labute approximate surface area is 348 Å². The van der Waals surface area contributed by atoms with Crippen LogP contribution in [-0.2, 0) is 19.3 Å². The Morgan fingerprint density at radius 3 is 0.719 bits per heavy atom. The lowest BCUT2D eigenvalue weighted by atomic mass is 10.0. The van der Waals surface area contributed by atoms with E-state index in [1.807, 2.05) is 0 Å². The lowest BCUT2D eigenvalue weighted by molar-refractivity contribution is 0.575. The first-order valence-corrected chi connectivity index (χ1v) is 23.5. The zero-order valence-electron chi connectivity index (χ0n) is 36.4. The van der Waals surface area contributed by atoms with Crippen molar-refractivity contribution in [3.63, 3.8) is 0 Å². The molecule has 0 aliphatic heterocycles. The fourth-order valence-corrected chi connectivity index (χ4v) is 7.58. The average Bonchev–Trinajstić information content (AvgIpc) is 3.22. The molecule has 0 saturated carbocycles. The average molecular weight is 775 g/mol. The van der Waals surface area contributed by atoms with Crippen LogP contribution in [0.15, 0.2) is 72.8 Å². The zero-order valence-corrected chi connectivity index (χ0v) is 36.4. The smallest absolute Gasteiger partial charge is 0.233 e. The second-order valence-corrected chi connectivity index (χ2v) is 16.4. The van der Waals surface area contributed by atoms with E-state index in [-0.39, 0.29) is 0 Å². The first kappa shape index (κ1) is 45.8. The topological polar surface area (TPSA) is 74.8 Å². The van der Waals surface area contributed by atoms with Gasteiger partial charge in [-0.1, -0.05) is 192 Å². The fraction of sp³-hybridized carbons (Fsp3) is 0.588. The van der Waals surface area contributed by atoms with Gasteiger partial charge < -0.3 is 16.0 Å². The van der Waals surface area contributed by atoms with Gasteiger partial charge in [-0.05, 0) is 91.6 Å². The van der Waals surface area contributed by atoms with Gasteiger partial charge in [-0.25, -0.2) is 0 Å². The third kappa shape index (κ3) is 20.4. The van der Waals surface area contributed by atoms with E-state index < -0.39 is 0 Å². The van der Waals surface area contributed by atoms with Crippen molar-refractivity contribution in [3.05, 3.63) is 89.5 Å². The molecule has 1 aromatic heterocycles. The fourth-order valence-electron chi connectivity index (χ4n) is 7.58. The van der Waals surface area contributed by atoms with Crippen molar-refractivity contribution < 1.29 is 0 Å². The molecule has 4 aromatic rings. The van der Waals surface area contributed by atoms with Gasteiger partial charge in [-0.3, -0.25) is 0 Å². The summed E-state index contributed by atoms with van der Waals surface area (Å²) < 4.78 is 0. The minimum atomic E-state index is 0.503. The van der Waals surface area contributed by atoms with Crippen LogP contribution in [0.4, 0.5) is 34.9 Å². The van der Waals surface area contributed by atoms with Crippen LogP contribution < -0.4 is 16.0 Å². The van der Waals surface area contributed by atoms with E-state index >= 15 is 0 Å². The second kappa shape index (κ2) is 29.3. The second-order valence-electron chi connectivity index (χ2n) is 16.4. The number of aromatic nitrogens is 3. The van der Waals surface area contributed by atoms with Crippen molar-refractivity contribution in [2.45, 2.75) is 194 Å². The first-order valence-electron chi connectivity index (χ1n) is 23.5. The predicted octanol–water partition coefficient (Wildman–Crippen LogP) is 16.2. The molecule has 3 aromatic carbocycles. The van der Waals surface area contributed by atoms with Crippen LogP contribution in [0.25, 0.3) is 0 Å². The van der Waals surface area contributed by atoms with Gasteiger partial charge in [0.15, 0.2) is 0 Å². The van der Waals surface area contributed by atoms with Crippen LogP contribution in [-0.4, -0.2) is 15.0 Å². The third-order valence-electron chi connectivity index (χ3n) is 11.2. The predicted molar refractivity (Wildman–Crippen MR) is 248 cm³/mol. The summed E-state index contributed by atoms with van der Waals surface area (Å²) >= 11 is 0. The van der Waals surface area contributed by atoms with Crippen LogP contribution in [0.2, 0.25) is 0 Å². The molecule has 3 N–H and O–H groups in total. The van der Waals surface area contributed by atoms with Gasteiger partial charge in [-0.15, -0.1) is 0 Å². The summed E-state index contributed by atoms with van der Waals surface area (Å²) in [5.74, 6) is 1.51. The molecule has 0 aliphatic rings. The van der Waals surface area contributed by atoms with E-state index in [9.17, 15) is 0 Å². The number of hydrogen-bond donors (Lipinski definition) is 3. The highest BCUT2D eigenvalue weighted by atomic mass is 15.3. The third-order valence-corrected chi connectivity index (χ3v) is 11.2. The molecule has 4 rings (SSSR count). The highest BCUT2D eigenvalue weighted by Gasteiger charge is 2.10. The molecule has 0 bridgehead atoms. The van der Waals surface area contributed by atoms with E-state index in [4.69, 9.17) is 15.0 Å². The molecule has 0 atom stereocenters. The maximum atomic E-state index is 4.80. The summed E-state index contributed by atoms with van der Waals surface area (Å²) in [6.07, 6.45) is 35.6. The van der Waals surface area contributed by atoms with Crippen molar-refractivity contribution in [1.29, 1.82) is 0 Å². The number of unbranched alkanes of at least 4 members (excludes halogenated alkanes) is 21. The Kier molecular flexibility index (Phi) is 23.5. The van der Waals surface area contributed by atoms with Crippen molar-refractivity contribution >= 4 is 34.9 Å². The van der Waals surface area contributed by atoms with Crippen LogP contribution in [0.1, 0.15) is 192 Å². The molecule has 312 valence electrons. The van der Waals surface area contributed by atoms with E-state index in [2.05, 4.69) is 110 Å². The number of benzene rings is 3. The lowest BCUT2D eigenvalue weighted by Gasteiger charge is -2.13. The van der Waals surface area contributed by atoms with Crippen molar-refractivity contribution in [2.24, 2.45) is 0 Å². The van der Waals surface area contributed by atoms with Gasteiger partial charge in [-0.2, -0.15) is 15.0 Å². The largest absolute Gasteiger partial charge is 0.324 e. The normalized spacial score (nSPS) is 11.2. The summed E-state index contributed by atoms with van der Waals surface area (Å²) in [6.45, 7) is 6.85. The van der Waals surface area contributed by atoms with Gasteiger partial charge in [0, 0.05) is 17.1 Å². The molecule has 0 spiro atoms. The van der Waals surface area contributed by atoms with Crippen LogP contribution in [0.5, 0.6) is 0 Å². The molecule has 57 heavy (non-hydrogen) atoms. The minimum Gasteiger partial charge on any atom is -0.324 e. The quantitative estimate of drug-likeness (QED) is 0.0419. The number of nitrogens with one attached hydrogen (secondary N) is 3. The van der Waals surface area contributed by atoms with Crippen molar-refractivity contribution in [2.75, 3.05) is 16.0 Å². The van der Waals surface area contributed by atoms with E-state index in [1.165, 1.54) is 171 Å². The molecule has 6 heteroatoms. The Balaban J connectivity index is 1.33. The molecule has 1 heterocycles. The molecular weight excluding hydrogens is 697 g/mol. The summed E-state index contributed by atoms with van der Waals surface area (Å²) in [6, 6.07) is 26.2. The van der Waals surface area contributed by atoms with E-state index in [0.717, 1.165) is 36.3 Å². The van der Waals surface area contributed by atoms with Crippen molar-refractivity contribution in [3.8, 4) is 0 Å². The maximum absolute atomic E-state index is 4.80. The molecule has 6 nitrogen and oxygen atoms in total. The molecule has 0 fully saturated rings. The first-order chi connectivity index (χ1) is 28.1. The SMILES string of the molecule is CCCCCCCCCCc1ccc(Nc2nc(Nc3ccc(CCCCCCCCCC)cc3)nc(Nc3ccc(CCCCCCCCCC)cc3)n2)cc1. The standard InChI is InChI=1S/C51H78N6/c1-4-7-10-13-16-19-22-25-28-43-31-37-46(38-32-43)52-49-55-50(53-47-39-33-44(34-40-47)29-26-23-20-17-14-11-8-5-2)57-51(56-49)54-48-41-35-45(36-42-48)30-27-24-21-18-15-12-9-6-3/h31-42H,4-30H2,1-3H3,(H3,52,53,54,55,56,57). The number of aryl methyl sites for hydroxylation is 3. The Hall–Kier alpha value is -3.93. The van der Waals surface area contributed by atoms with Gasteiger partial charge in [0.25, 0.3) is 0 Å². The summed E-state index contributed by atoms with van der Waals surface area (Å²) in [5.41, 5.74) is 7.03. The Morgan fingerprint density at radius 1 is 0.281 bits per heavy atom. The molecule has 0 amide bonds. The highest BCUT2D eigenvalue weighted by molar-refractivity contribution is 5.62. The van der Waals surface area contributed by atoms with Gasteiger partial charge in [0.2, 0.25) is 17.8 Å². The number of rotatable bonds is 33. The molecular formula is C51H78N6. The molecule has 0 aliphatic carbocycles. The molecule has 0 unspecified atom stereocenters. The number of nitrogens with zero attached hydrogens (tertiary/aromatic N) is 3. The van der Waals surface area contributed by atoms with Gasteiger partial charge in [0.1, 0.15) is 0 Å². The minimum absolute atomic E-state index is 0.503. The van der Waals surface area contributed by atoms with E-state index in [1.54, 1.807) is 0 Å². The number of hydrogen-bond acceptors (Lipinski definition) is 6. The van der Waals surface area contributed by atoms with Crippen LogP contribution >= 0.6 is 0 Å².